The molecule has 0 aromatic heterocycles. The Hall–Kier alpha value is -3.87. The van der Waals surface area contributed by atoms with Gasteiger partial charge in [-0.15, -0.1) is 0 Å². The van der Waals surface area contributed by atoms with E-state index in [1.165, 1.54) is 18.2 Å². The van der Waals surface area contributed by atoms with Crippen molar-refractivity contribution in [2.45, 2.75) is 4.90 Å². The topological polar surface area (TPSA) is 161 Å². The van der Waals surface area contributed by atoms with Crippen molar-refractivity contribution in [2.75, 3.05) is 13.2 Å². The maximum absolute atomic E-state index is 13.0. The van der Waals surface area contributed by atoms with Crippen LogP contribution >= 0.6 is 11.6 Å². The van der Waals surface area contributed by atoms with Crippen molar-refractivity contribution in [3.63, 3.8) is 0 Å². The van der Waals surface area contributed by atoms with Gasteiger partial charge in [0.15, 0.2) is 0 Å². The van der Waals surface area contributed by atoms with Crippen LogP contribution in [-0.2, 0) is 14.3 Å². The number of nitro benzene ring substituents is 1. The average Bonchev–Trinajstić information content (AvgIpc) is 2.79. The number of nitro groups is 1. The van der Waals surface area contributed by atoms with Crippen molar-refractivity contribution in [3.8, 4) is 0 Å². The highest BCUT2D eigenvalue weighted by Gasteiger charge is 2.34. The molecule has 0 aliphatic carbocycles. The van der Waals surface area contributed by atoms with Gasteiger partial charge in [0.05, 0.1) is 39.1 Å². The van der Waals surface area contributed by atoms with Gasteiger partial charge in [-0.1, -0.05) is 23.7 Å². The van der Waals surface area contributed by atoms with Crippen LogP contribution in [0.25, 0.3) is 10.8 Å². The lowest BCUT2D eigenvalue weighted by atomic mass is 9.93. The number of carboxylic acid groups (broad SMARTS) is 1. The van der Waals surface area contributed by atoms with Gasteiger partial charge in [-0.3, -0.25) is 28.8 Å². The number of nitrogens with zero attached hydrogens (tertiary/aromatic N) is 2. The van der Waals surface area contributed by atoms with E-state index in [-0.39, 0.29) is 27.2 Å². The van der Waals surface area contributed by atoms with Crippen LogP contribution in [0.1, 0.15) is 31.1 Å². The molecule has 0 unspecified atom stereocenters. The molecule has 34 heavy (non-hydrogen) atoms. The molecule has 1 N–H and O–H groups in total. The Balaban J connectivity index is 1.59. The summed E-state index contributed by atoms with van der Waals surface area (Å²) in [4.78, 5) is 47.9. The molecule has 0 atom stereocenters. The van der Waals surface area contributed by atoms with Crippen LogP contribution in [0.5, 0.6) is 0 Å². The minimum atomic E-state index is -4.45. The first-order valence-corrected chi connectivity index (χ1v) is 11.3. The molecule has 0 bridgehead atoms. The fourth-order valence-corrected chi connectivity index (χ4v) is 4.71. The number of aromatic carboxylic acids is 1. The van der Waals surface area contributed by atoms with Crippen molar-refractivity contribution in [3.05, 3.63) is 80.4 Å². The molecular formula is C21H13ClN2O9S. The summed E-state index contributed by atoms with van der Waals surface area (Å²) in [6, 6.07) is 9.79. The van der Waals surface area contributed by atoms with Gasteiger partial charge in [-0.2, -0.15) is 8.42 Å². The molecule has 0 spiro atoms. The number of hydrogen-bond donors (Lipinski definition) is 1. The normalized spacial score (nSPS) is 13.4. The molecule has 1 heterocycles. The molecule has 11 nitrogen and oxygen atoms in total. The molecule has 2 amide bonds. The number of benzene rings is 3. The summed E-state index contributed by atoms with van der Waals surface area (Å²) in [7, 11) is -4.45. The summed E-state index contributed by atoms with van der Waals surface area (Å²) >= 11 is 5.74. The number of carboxylic acids is 1. The van der Waals surface area contributed by atoms with Gasteiger partial charge in [-0.05, 0) is 29.7 Å². The Morgan fingerprint density at radius 3 is 2.47 bits per heavy atom. The van der Waals surface area contributed by atoms with E-state index < -0.39 is 56.4 Å². The summed E-state index contributed by atoms with van der Waals surface area (Å²) in [5.41, 5.74) is -0.711. The highest BCUT2D eigenvalue weighted by atomic mass is 35.5. The molecule has 174 valence electrons. The zero-order valence-electron chi connectivity index (χ0n) is 16.9. The Bertz CT molecular complexity index is 1520. The molecule has 3 aromatic carbocycles. The van der Waals surface area contributed by atoms with Gasteiger partial charge in [0.2, 0.25) is 0 Å². The van der Waals surface area contributed by atoms with Crippen LogP contribution in [0, 0.1) is 10.1 Å². The molecule has 0 saturated carbocycles. The second kappa shape index (κ2) is 8.48. The number of halogens is 1. The van der Waals surface area contributed by atoms with E-state index in [1.54, 1.807) is 6.07 Å². The highest BCUT2D eigenvalue weighted by Crippen LogP contribution is 2.33. The lowest BCUT2D eigenvalue weighted by molar-refractivity contribution is -0.384. The number of non-ortho nitro benzene ring substituents is 1. The van der Waals surface area contributed by atoms with Gasteiger partial charge in [-0.25, -0.2) is 4.79 Å². The molecule has 4 rings (SSSR count). The van der Waals surface area contributed by atoms with E-state index in [4.69, 9.17) is 20.9 Å². The van der Waals surface area contributed by atoms with Crippen LogP contribution in [-0.4, -0.2) is 54.3 Å². The van der Waals surface area contributed by atoms with E-state index in [1.807, 2.05) is 0 Å². The highest BCUT2D eigenvalue weighted by molar-refractivity contribution is 7.86. The zero-order valence-corrected chi connectivity index (χ0v) is 18.5. The van der Waals surface area contributed by atoms with Gasteiger partial charge in [0.25, 0.3) is 27.6 Å². The van der Waals surface area contributed by atoms with E-state index in [0.717, 1.165) is 29.2 Å². The molecule has 0 saturated heterocycles. The molecule has 1 aliphatic rings. The first-order chi connectivity index (χ1) is 16.0. The SMILES string of the molecule is O=C(O)c1cc(S(=O)(=O)OCCN2C(=O)c3cccc4cc([N+](=O)[O-])cc(c34)C2=O)ccc1Cl. The summed E-state index contributed by atoms with van der Waals surface area (Å²) in [5, 5.41) is 20.8. The minimum absolute atomic E-state index is 0.0638. The number of imide groups is 1. The molecule has 13 heteroatoms. The fourth-order valence-electron chi connectivity index (χ4n) is 3.58. The Kier molecular flexibility index (Phi) is 5.81. The Labute approximate surface area is 196 Å². The summed E-state index contributed by atoms with van der Waals surface area (Å²) < 4.78 is 29.8. The first-order valence-electron chi connectivity index (χ1n) is 9.51. The fraction of sp³-hybridized carbons (Fsp3) is 0.0952. The van der Waals surface area contributed by atoms with Crippen LogP contribution in [0.2, 0.25) is 5.02 Å². The third-order valence-corrected chi connectivity index (χ3v) is 6.77. The van der Waals surface area contributed by atoms with Crippen molar-refractivity contribution < 1.29 is 37.0 Å². The predicted molar refractivity (Wildman–Crippen MR) is 118 cm³/mol. The molecular weight excluding hydrogens is 492 g/mol. The third-order valence-electron chi connectivity index (χ3n) is 5.13. The second-order valence-corrected chi connectivity index (χ2v) is 9.16. The number of carbonyl (C=O) groups excluding carboxylic acids is 2. The quantitative estimate of drug-likeness (QED) is 0.220. The number of carbonyl (C=O) groups is 3. The van der Waals surface area contributed by atoms with E-state index in [0.29, 0.717) is 5.39 Å². The van der Waals surface area contributed by atoms with Crippen molar-refractivity contribution >= 4 is 56.0 Å². The van der Waals surface area contributed by atoms with Crippen LogP contribution in [0.15, 0.2) is 53.4 Å². The Morgan fingerprint density at radius 2 is 1.79 bits per heavy atom. The van der Waals surface area contributed by atoms with Crippen LogP contribution in [0.4, 0.5) is 5.69 Å². The lowest BCUT2D eigenvalue weighted by Gasteiger charge is -2.26. The van der Waals surface area contributed by atoms with E-state index in [9.17, 15) is 32.9 Å². The van der Waals surface area contributed by atoms with Gasteiger partial charge >= 0.3 is 5.97 Å². The third kappa shape index (κ3) is 3.98. The minimum Gasteiger partial charge on any atom is -0.478 e. The van der Waals surface area contributed by atoms with Crippen molar-refractivity contribution in [1.82, 2.24) is 4.90 Å². The molecule has 0 fully saturated rings. The predicted octanol–water partition coefficient (Wildman–Crippen LogP) is 3.10. The standard InChI is InChI=1S/C21H13ClN2O9S/c22-17-5-4-13(10-15(17)21(27)28)34(31,32)33-7-6-23-19(25)14-3-1-2-11-8-12(24(29)30)9-16(18(11)14)20(23)26/h1-5,8-10H,6-7H2,(H,27,28). The number of hydrogen-bond acceptors (Lipinski definition) is 8. The largest absolute Gasteiger partial charge is 0.478 e. The summed E-state index contributed by atoms with van der Waals surface area (Å²) in [6.45, 7) is -1.11. The van der Waals surface area contributed by atoms with E-state index >= 15 is 0 Å². The number of amides is 2. The lowest BCUT2D eigenvalue weighted by Crippen LogP contribution is -2.42. The van der Waals surface area contributed by atoms with Crippen molar-refractivity contribution in [1.29, 1.82) is 0 Å². The van der Waals surface area contributed by atoms with E-state index in [2.05, 4.69) is 0 Å². The second-order valence-electron chi connectivity index (χ2n) is 7.14. The maximum atomic E-state index is 13.0. The first kappa shape index (κ1) is 23.3. The Morgan fingerprint density at radius 1 is 1.09 bits per heavy atom. The van der Waals surface area contributed by atoms with Crippen LogP contribution < -0.4 is 0 Å². The van der Waals surface area contributed by atoms with Gasteiger partial charge in [0.1, 0.15) is 0 Å². The molecule has 1 aliphatic heterocycles. The smallest absolute Gasteiger partial charge is 0.337 e. The van der Waals surface area contributed by atoms with Gasteiger partial charge in [0, 0.05) is 23.1 Å². The van der Waals surface area contributed by atoms with Crippen molar-refractivity contribution in [2.24, 2.45) is 0 Å². The zero-order chi connectivity index (χ0) is 24.8. The summed E-state index contributed by atoms with van der Waals surface area (Å²) in [5.74, 6) is -2.98. The average molecular weight is 505 g/mol. The summed E-state index contributed by atoms with van der Waals surface area (Å²) in [6.07, 6.45) is 0. The van der Waals surface area contributed by atoms with Gasteiger partial charge < -0.3 is 5.11 Å². The number of rotatable bonds is 7. The van der Waals surface area contributed by atoms with Crippen LogP contribution in [0.3, 0.4) is 0 Å². The monoisotopic (exact) mass is 504 g/mol. The molecule has 3 aromatic rings. The molecule has 0 radical (unpaired) electrons. The maximum Gasteiger partial charge on any atom is 0.337 e.